The van der Waals surface area contributed by atoms with Crippen LogP contribution in [0.5, 0.6) is 0 Å². The summed E-state index contributed by atoms with van der Waals surface area (Å²) in [4.78, 5) is 39.7. The molecular formula is C22H23N3O5. The third kappa shape index (κ3) is 3.98. The molecule has 2 aliphatic rings. The van der Waals surface area contributed by atoms with Crippen LogP contribution < -0.4 is 9.80 Å². The SMILES string of the molecule is O=C(OCC(=O)N1CCCc2ccccc21)c1ccc(N2CCCC2)c([N+](=O)[O-])c1. The van der Waals surface area contributed by atoms with Gasteiger partial charge in [0.2, 0.25) is 0 Å². The first-order chi connectivity index (χ1) is 14.5. The molecule has 0 aliphatic carbocycles. The van der Waals surface area contributed by atoms with Gasteiger partial charge in [0.25, 0.3) is 11.6 Å². The normalized spacial score (nSPS) is 15.6. The Bertz CT molecular complexity index is 984. The molecular weight excluding hydrogens is 386 g/mol. The Hall–Kier alpha value is -3.42. The number of amides is 1. The summed E-state index contributed by atoms with van der Waals surface area (Å²) in [7, 11) is 0. The highest BCUT2D eigenvalue weighted by Gasteiger charge is 2.26. The highest BCUT2D eigenvalue weighted by atomic mass is 16.6. The molecule has 0 aromatic heterocycles. The summed E-state index contributed by atoms with van der Waals surface area (Å²) >= 11 is 0. The lowest BCUT2D eigenvalue weighted by atomic mass is 10.0. The van der Waals surface area contributed by atoms with Gasteiger partial charge in [-0.1, -0.05) is 18.2 Å². The zero-order chi connectivity index (χ0) is 21.1. The maximum absolute atomic E-state index is 12.6. The minimum Gasteiger partial charge on any atom is -0.452 e. The molecule has 0 unspecified atom stereocenters. The summed E-state index contributed by atoms with van der Waals surface area (Å²) in [6.45, 7) is 1.69. The minimum absolute atomic E-state index is 0.0662. The number of nitro groups is 1. The Balaban J connectivity index is 1.45. The number of nitrogens with zero attached hydrogens (tertiary/aromatic N) is 3. The summed E-state index contributed by atoms with van der Waals surface area (Å²) in [5.41, 5.74) is 2.39. The molecule has 2 aromatic rings. The van der Waals surface area contributed by atoms with Gasteiger partial charge in [-0.15, -0.1) is 0 Å². The van der Waals surface area contributed by atoms with E-state index in [-0.39, 0.29) is 17.2 Å². The van der Waals surface area contributed by atoms with E-state index in [2.05, 4.69) is 0 Å². The summed E-state index contributed by atoms with van der Waals surface area (Å²) in [5.74, 6) is -1.05. The van der Waals surface area contributed by atoms with E-state index in [1.165, 1.54) is 12.1 Å². The molecule has 0 spiro atoms. The molecule has 2 heterocycles. The fourth-order valence-corrected chi connectivity index (χ4v) is 4.10. The molecule has 30 heavy (non-hydrogen) atoms. The molecule has 0 saturated carbocycles. The Kier molecular flexibility index (Phi) is 5.65. The van der Waals surface area contributed by atoms with E-state index in [9.17, 15) is 19.7 Å². The van der Waals surface area contributed by atoms with Crippen LogP contribution in [0.1, 0.15) is 35.2 Å². The van der Waals surface area contributed by atoms with Crippen molar-refractivity contribution in [3.63, 3.8) is 0 Å². The number of carbonyl (C=O) groups is 2. The maximum Gasteiger partial charge on any atom is 0.338 e. The topological polar surface area (TPSA) is 93.0 Å². The second-order valence-corrected chi connectivity index (χ2v) is 7.51. The average Bonchev–Trinajstić information content (AvgIpc) is 3.31. The summed E-state index contributed by atoms with van der Waals surface area (Å²) in [5, 5.41) is 11.5. The van der Waals surface area contributed by atoms with Gasteiger partial charge in [0.05, 0.1) is 10.5 Å². The number of para-hydroxylation sites is 1. The van der Waals surface area contributed by atoms with Crippen molar-refractivity contribution < 1.29 is 19.2 Å². The Labute approximate surface area is 174 Å². The first kappa shape index (κ1) is 19.9. The molecule has 2 aromatic carbocycles. The second-order valence-electron chi connectivity index (χ2n) is 7.51. The van der Waals surface area contributed by atoms with Crippen LogP contribution in [0.25, 0.3) is 0 Å². The number of hydrogen-bond acceptors (Lipinski definition) is 6. The van der Waals surface area contributed by atoms with Crippen LogP contribution in [0, 0.1) is 10.1 Å². The lowest BCUT2D eigenvalue weighted by molar-refractivity contribution is -0.384. The van der Waals surface area contributed by atoms with E-state index in [4.69, 9.17) is 4.74 Å². The van der Waals surface area contributed by atoms with Crippen molar-refractivity contribution in [2.24, 2.45) is 0 Å². The number of anilines is 2. The molecule has 4 rings (SSSR count). The Morgan fingerprint density at radius 2 is 1.77 bits per heavy atom. The van der Waals surface area contributed by atoms with Gasteiger partial charge in [0, 0.05) is 31.4 Å². The largest absolute Gasteiger partial charge is 0.452 e. The van der Waals surface area contributed by atoms with E-state index in [1.807, 2.05) is 29.2 Å². The van der Waals surface area contributed by atoms with Gasteiger partial charge in [-0.25, -0.2) is 4.79 Å². The van der Waals surface area contributed by atoms with Crippen molar-refractivity contribution in [3.8, 4) is 0 Å². The fourth-order valence-electron chi connectivity index (χ4n) is 4.10. The number of carbonyl (C=O) groups excluding carboxylic acids is 2. The molecule has 1 saturated heterocycles. The number of esters is 1. The zero-order valence-corrected chi connectivity index (χ0v) is 16.6. The number of hydrogen-bond donors (Lipinski definition) is 0. The molecule has 1 amide bonds. The van der Waals surface area contributed by atoms with Gasteiger partial charge in [-0.05, 0) is 49.4 Å². The van der Waals surface area contributed by atoms with Gasteiger partial charge in [0.15, 0.2) is 6.61 Å². The van der Waals surface area contributed by atoms with Gasteiger partial charge in [-0.2, -0.15) is 0 Å². The number of aryl methyl sites for hydroxylation is 1. The first-order valence-electron chi connectivity index (χ1n) is 10.1. The number of ether oxygens (including phenoxy) is 1. The van der Waals surface area contributed by atoms with Gasteiger partial charge in [0.1, 0.15) is 5.69 Å². The number of rotatable bonds is 5. The maximum atomic E-state index is 12.6. The van der Waals surface area contributed by atoms with E-state index in [0.717, 1.165) is 50.0 Å². The third-order valence-corrected chi connectivity index (χ3v) is 5.59. The van der Waals surface area contributed by atoms with E-state index in [1.54, 1.807) is 11.0 Å². The quantitative estimate of drug-likeness (QED) is 0.427. The van der Waals surface area contributed by atoms with Crippen LogP contribution in [0.3, 0.4) is 0 Å². The van der Waals surface area contributed by atoms with Crippen LogP contribution in [0.4, 0.5) is 17.1 Å². The molecule has 0 radical (unpaired) electrons. The minimum atomic E-state index is -0.746. The van der Waals surface area contributed by atoms with Crippen LogP contribution in [0.15, 0.2) is 42.5 Å². The van der Waals surface area contributed by atoms with Crippen LogP contribution >= 0.6 is 0 Å². The molecule has 1 fully saturated rings. The van der Waals surface area contributed by atoms with E-state index < -0.39 is 17.5 Å². The monoisotopic (exact) mass is 409 g/mol. The average molecular weight is 409 g/mol. The lowest BCUT2D eigenvalue weighted by Crippen LogP contribution is -2.38. The van der Waals surface area contributed by atoms with Crippen molar-refractivity contribution in [2.45, 2.75) is 25.7 Å². The lowest BCUT2D eigenvalue weighted by Gasteiger charge is -2.29. The molecule has 2 aliphatic heterocycles. The zero-order valence-electron chi connectivity index (χ0n) is 16.6. The predicted octanol–water partition coefficient (Wildman–Crippen LogP) is 3.33. The van der Waals surface area contributed by atoms with E-state index in [0.29, 0.717) is 12.2 Å². The van der Waals surface area contributed by atoms with Gasteiger partial charge in [-0.3, -0.25) is 14.9 Å². The van der Waals surface area contributed by atoms with Gasteiger partial charge >= 0.3 is 5.97 Å². The van der Waals surface area contributed by atoms with Crippen molar-refractivity contribution in [1.82, 2.24) is 0 Å². The summed E-state index contributed by atoms with van der Waals surface area (Å²) in [6, 6.07) is 12.0. The highest BCUT2D eigenvalue weighted by Crippen LogP contribution is 2.32. The standard InChI is InChI=1S/C22H23N3O5/c26-21(24-13-5-7-16-6-1-2-8-18(16)24)15-30-22(27)17-9-10-19(20(14-17)25(28)29)23-11-3-4-12-23/h1-2,6,8-10,14H,3-5,7,11-13,15H2. The highest BCUT2D eigenvalue weighted by molar-refractivity contribution is 5.98. The van der Waals surface area contributed by atoms with Crippen LogP contribution in [-0.4, -0.2) is 43.0 Å². The Morgan fingerprint density at radius 3 is 2.53 bits per heavy atom. The van der Waals surface area contributed by atoms with Crippen LogP contribution in [0.2, 0.25) is 0 Å². The molecule has 0 N–H and O–H groups in total. The van der Waals surface area contributed by atoms with Gasteiger partial charge < -0.3 is 14.5 Å². The smallest absolute Gasteiger partial charge is 0.338 e. The molecule has 0 bridgehead atoms. The fraction of sp³-hybridized carbons (Fsp3) is 0.364. The Morgan fingerprint density at radius 1 is 1.00 bits per heavy atom. The molecule has 156 valence electrons. The van der Waals surface area contributed by atoms with E-state index >= 15 is 0 Å². The van der Waals surface area contributed by atoms with Crippen molar-refractivity contribution in [3.05, 3.63) is 63.7 Å². The first-order valence-corrected chi connectivity index (χ1v) is 10.1. The molecule has 0 atom stereocenters. The van der Waals surface area contributed by atoms with Crippen molar-refractivity contribution in [2.75, 3.05) is 36.0 Å². The van der Waals surface area contributed by atoms with Crippen molar-refractivity contribution in [1.29, 1.82) is 0 Å². The second kappa shape index (κ2) is 8.52. The predicted molar refractivity (Wildman–Crippen MR) is 112 cm³/mol. The summed E-state index contributed by atoms with van der Waals surface area (Å²) in [6.07, 6.45) is 3.74. The third-order valence-electron chi connectivity index (χ3n) is 5.59. The number of nitro benzene ring substituents is 1. The number of benzene rings is 2. The number of fused-ring (bicyclic) bond motifs is 1. The summed E-state index contributed by atoms with van der Waals surface area (Å²) < 4.78 is 5.19. The van der Waals surface area contributed by atoms with Crippen LogP contribution in [-0.2, 0) is 16.0 Å². The molecule has 8 nitrogen and oxygen atoms in total. The molecule has 8 heteroatoms. The van der Waals surface area contributed by atoms with Crippen molar-refractivity contribution >= 4 is 28.9 Å².